The molecule has 0 spiro atoms. The minimum Gasteiger partial charge on any atom is -0.388 e. The van der Waals surface area contributed by atoms with Gasteiger partial charge in [0.25, 0.3) is 0 Å². The van der Waals surface area contributed by atoms with Crippen LogP contribution in [0.15, 0.2) is 72.8 Å². The average molecular weight is 348 g/mol. The molecule has 2 N–H and O–H groups in total. The lowest BCUT2D eigenvalue weighted by Gasteiger charge is -2.11. The Kier molecular flexibility index (Phi) is 4.33. The number of aliphatic hydroxyl groups is 1. The first-order valence-electron chi connectivity index (χ1n) is 8.29. The number of hydrogen-bond acceptors (Lipinski definition) is 4. The molecule has 4 aromatic rings. The third-order valence-corrected chi connectivity index (χ3v) is 4.13. The van der Waals surface area contributed by atoms with E-state index >= 15 is 0 Å². The monoisotopic (exact) mass is 348 g/mol. The summed E-state index contributed by atoms with van der Waals surface area (Å²) in [4.78, 5) is 4.44. The first kappa shape index (κ1) is 16.2. The number of nitrogens with one attached hydrogen (secondary N) is 1. The number of aromatic nitrogens is 3. The van der Waals surface area contributed by atoms with Crippen molar-refractivity contribution in [3.05, 3.63) is 89.9 Å². The molecule has 0 saturated carbocycles. The summed E-state index contributed by atoms with van der Waals surface area (Å²) in [7, 11) is 0. The number of rotatable bonds is 5. The zero-order valence-electron chi connectivity index (χ0n) is 13.9. The fourth-order valence-corrected chi connectivity index (χ4v) is 2.82. The molecule has 0 saturated heterocycles. The van der Waals surface area contributed by atoms with Gasteiger partial charge in [0.05, 0.1) is 6.10 Å². The predicted molar refractivity (Wildman–Crippen MR) is 97.8 cm³/mol. The van der Waals surface area contributed by atoms with Crippen LogP contribution in [0.1, 0.15) is 17.4 Å². The number of hydrogen-bond donors (Lipinski definition) is 2. The SMILES string of the molecule is OC(Cc1cccc2nc(Nc3ccc(F)cc3)nn12)c1ccccc1. The lowest BCUT2D eigenvalue weighted by molar-refractivity contribution is 0.176. The van der Waals surface area contributed by atoms with Crippen LogP contribution in [-0.4, -0.2) is 19.7 Å². The Morgan fingerprint density at radius 1 is 0.962 bits per heavy atom. The Morgan fingerprint density at radius 3 is 2.50 bits per heavy atom. The van der Waals surface area contributed by atoms with Crippen LogP contribution in [-0.2, 0) is 6.42 Å². The van der Waals surface area contributed by atoms with E-state index in [1.807, 2.05) is 48.5 Å². The fourth-order valence-electron chi connectivity index (χ4n) is 2.82. The maximum Gasteiger partial charge on any atom is 0.247 e. The van der Waals surface area contributed by atoms with E-state index in [4.69, 9.17) is 0 Å². The molecular weight excluding hydrogens is 331 g/mol. The topological polar surface area (TPSA) is 62.5 Å². The second-order valence-corrected chi connectivity index (χ2v) is 5.99. The molecule has 4 rings (SSSR count). The second kappa shape index (κ2) is 6.93. The highest BCUT2D eigenvalue weighted by molar-refractivity contribution is 5.55. The molecule has 0 aliphatic rings. The molecule has 0 radical (unpaired) electrons. The van der Waals surface area contributed by atoms with Gasteiger partial charge in [0.15, 0.2) is 5.65 Å². The molecule has 2 aromatic heterocycles. The van der Waals surface area contributed by atoms with E-state index in [-0.39, 0.29) is 5.82 Å². The van der Waals surface area contributed by atoms with Crippen LogP contribution in [0.2, 0.25) is 0 Å². The molecule has 130 valence electrons. The molecule has 2 aromatic carbocycles. The quantitative estimate of drug-likeness (QED) is 0.574. The molecule has 26 heavy (non-hydrogen) atoms. The zero-order chi connectivity index (χ0) is 17.9. The maximum atomic E-state index is 13.0. The van der Waals surface area contributed by atoms with E-state index in [2.05, 4.69) is 15.4 Å². The minimum atomic E-state index is -0.625. The molecule has 0 amide bonds. The van der Waals surface area contributed by atoms with Crippen LogP contribution in [0.4, 0.5) is 16.0 Å². The summed E-state index contributed by atoms with van der Waals surface area (Å²) in [5.41, 5.74) is 3.08. The molecule has 0 bridgehead atoms. The Morgan fingerprint density at radius 2 is 1.73 bits per heavy atom. The van der Waals surface area contributed by atoms with Gasteiger partial charge in [0.1, 0.15) is 5.82 Å². The largest absolute Gasteiger partial charge is 0.388 e. The first-order valence-corrected chi connectivity index (χ1v) is 8.29. The number of benzene rings is 2. The van der Waals surface area contributed by atoms with E-state index in [0.29, 0.717) is 23.7 Å². The van der Waals surface area contributed by atoms with E-state index in [9.17, 15) is 9.50 Å². The first-order chi connectivity index (χ1) is 12.7. The van der Waals surface area contributed by atoms with Crippen LogP contribution in [0.3, 0.4) is 0 Å². The van der Waals surface area contributed by atoms with Crippen LogP contribution < -0.4 is 5.32 Å². The highest BCUT2D eigenvalue weighted by Gasteiger charge is 2.13. The summed E-state index contributed by atoms with van der Waals surface area (Å²) in [6.45, 7) is 0. The summed E-state index contributed by atoms with van der Waals surface area (Å²) in [5.74, 6) is 0.119. The third kappa shape index (κ3) is 3.41. The summed E-state index contributed by atoms with van der Waals surface area (Å²) < 4.78 is 14.7. The van der Waals surface area contributed by atoms with Crippen LogP contribution in [0.5, 0.6) is 0 Å². The van der Waals surface area contributed by atoms with Crippen molar-refractivity contribution in [2.24, 2.45) is 0 Å². The van der Waals surface area contributed by atoms with Gasteiger partial charge in [0.2, 0.25) is 5.95 Å². The van der Waals surface area contributed by atoms with Crippen molar-refractivity contribution in [3.8, 4) is 0 Å². The number of fused-ring (bicyclic) bond motifs is 1. The highest BCUT2D eigenvalue weighted by atomic mass is 19.1. The van der Waals surface area contributed by atoms with Crippen LogP contribution >= 0.6 is 0 Å². The number of aliphatic hydroxyl groups excluding tert-OH is 1. The van der Waals surface area contributed by atoms with Crippen molar-refractivity contribution in [1.29, 1.82) is 0 Å². The Bertz CT molecular complexity index is 1020. The molecule has 0 fully saturated rings. The number of halogens is 1. The van der Waals surface area contributed by atoms with Gasteiger partial charge in [-0.15, -0.1) is 5.10 Å². The molecule has 0 aliphatic heterocycles. The summed E-state index contributed by atoms with van der Waals surface area (Å²) in [6.07, 6.45) is -0.208. The Hall–Kier alpha value is -3.25. The summed E-state index contributed by atoms with van der Waals surface area (Å²) in [6, 6.07) is 21.2. The molecule has 0 aliphatic carbocycles. The van der Waals surface area contributed by atoms with E-state index in [1.54, 1.807) is 16.6 Å². The Labute approximate surface area is 149 Å². The van der Waals surface area contributed by atoms with Crippen molar-refractivity contribution in [2.75, 3.05) is 5.32 Å². The molecule has 1 unspecified atom stereocenters. The van der Waals surface area contributed by atoms with Crippen molar-refractivity contribution in [3.63, 3.8) is 0 Å². The van der Waals surface area contributed by atoms with Gasteiger partial charge >= 0.3 is 0 Å². The van der Waals surface area contributed by atoms with Crippen LogP contribution in [0, 0.1) is 5.82 Å². The van der Waals surface area contributed by atoms with Crippen molar-refractivity contribution in [1.82, 2.24) is 14.6 Å². The third-order valence-electron chi connectivity index (χ3n) is 4.13. The predicted octanol–water partition coefficient (Wildman–Crippen LogP) is 3.89. The van der Waals surface area contributed by atoms with Gasteiger partial charge in [-0.1, -0.05) is 36.4 Å². The van der Waals surface area contributed by atoms with E-state index in [0.717, 1.165) is 11.3 Å². The molecule has 5 nitrogen and oxygen atoms in total. The molecular formula is C20H17FN4O. The van der Waals surface area contributed by atoms with Crippen molar-refractivity contribution < 1.29 is 9.50 Å². The second-order valence-electron chi connectivity index (χ2n) is 5.99. The molecule has 2 heterocycles. The lowest BCUT2D eigenvalue weighted by Crippen LogP contribution is -2.06. The summed E-state index contributed by atoms with van der Waals surface area (Å²) >= 11 is 0. The smallest absolute Gasteiger partial charge is 0.247 e. The average Bonchev–Trinajstić information content (AvgIpc) is 3.08. The Balaban J connectivity index is 1.60. The van der Waals surface area contributed by atoms with Gasteiger partial charge in [-0.05, 0) is 42.0 Å². The molecule has 1 atom stereocenters. The molecule has 6 heteroatoms. The zero-order valence-corrected chi connectivity index (χ0v) is 13.9. The lowest BCUT2D eigenvalue weighted by atomic mass is 10.0. The van der Waals surface area contributed by atoms with Gasteiger partial charge in [-0.2, -0.15) is 4.98 Å². The number of pyridine rings is 1. The normalized spacial score (nSPS) is 12.2. The summed E-state index contributed by atoms with van der Waals surface area (Å²) in [5, 5.41) is 18.0. The van der Waals surface area contributed by atoms with Gasteiger partial charge in [0, 0.05) is 17.8 Å². The van der Waals surface area contributed by atoms with Crippen molar-refractivity contribution in [2.45, 2.75) is 12.5 Å². The fraction of sp³-hybridized carbons (Fsp3) is 0.100. The minimum absolute atomic E-state index is 0.296. The van der Waals surface area contributed by atoms with Gasteiger partial charge in [-0.25, -0.2) is 8.91 Å². The van der Waals surface area contributed by atoms with Gasteiger partial charge < -0.3 is 10.4 Å². The number of nitrogens with zero attached hydrogens (tertiary/aromatic N) is 3. The van der Waals surface area contributed by atoms with Gasteiger partial charge in [-0.3, -0.25) is 0 Å². The van der Waals surface area contributed by atoms with Crippen molar-refractivity contribution >= 4 is 17.3 Å². The number of anilines is 2. The highest BCUT2D eigenvalue weighted by Crippen LogP contribution is 2.20. The standard InChI is InChI=1S/C20H17FN4O/c21-15-9-11-16(12-10-15)22-20-23-19-8-4-7-17(25(19)24-20)13-18(26)14-5-2-1-3-6-14/h1-12,18,26H,13H2,(H,22,24). The van der Waals surface area contributed by atoms with E-state index in [1.165, 1.54) is 12.1 Å². The van der Waals surface area contributed by atoms with E-state index < -0.39 is 6.10 Å². The van der Waals surface area contributed by atoms with Crippen LogP contribution in [0.25, 0.3) is 5.65 Å². The maximum absolute atomic E-state index is 13.0.